The van der Waals surface area contributed by atoms with Crippen LogP contribution in [-0.2, 0) is 4.79 Å². The van der Waals surface area contributed by atoms with Gasteiger partial charge in [0.25, 0.3) is 0 Å². The molecule has 1 aromatic rings. The van der Waals surface area contributed by atoms with Gasteiger partial charge in [-0.25, -0.2) is 0 Å². The Hall–Kier alpha value is -0.880. The van der Waals surface area contributed by atoms with E-state index in [1.54, 1.807) is 12.4 Å². The van der Waals surface area contributed by atoms with Crippen molar-refractivity contribution in [1.82, 2.24) is 15.8 Å². The van der Waals surface area contributed by atoms with Gasteiger partial charge >= 0.3 is 0 Å². The second-order valence-electron chi connectivity index (χ2n) is 4.67. The summed E-state index contributed by atoms with van der Waals surface area (Å²) >= 11 is 0. The number of nitrogens with one attached hydrogen (secondary N) is 3. The first-order valence-electron chi connectivity index (χ1n) is 6.42. The summed E-state index contributed by atoms with van der Waals surface area (Å²) in [4.78, 5) is 16.0. The second kappa shape index (κ2) is 9.94. The van der Waals surface area contributed by atoms with Crippen LogP contribution in [0.15, 0.2) is 24.5 Å². The van der Waals surface area contributed by atoms with Crippen molar-refractivity contribution in [2.75, 3.05) is 12.4 Å². The van der Waals surface area contributed by atoms with Gasteiger partial charge < -0.3 is 5.32 Å². The molecule has 1 aliphatic rings. The predicted molar refractivity (Wildman–Crippen MR) is 85.3 cm³/mol. The Morgan fingerprint density at radius 3 is 2.30 bits per heavy atom. The van der Waals surface area contributed by atoms with Crippen molar-refractivity contribution in [3.63, 3.8) is 0 Å². The molecular formula is C13H22Cl2N4O. The molecule has 2 rings (SSSR count). The third-order valence-corrected chi connectivity index (χ3v) is 3.39. The van der Waals surface area contributed by atoms with E-state index in [4.69, 9.17) is 0 Å². The highest BCUT2D eigenvalue weighted by Crippen LogP contribution is 2.25. The van der Waals surface area contributed by atoms with E-state index in [2.05, 4.69) is 21.2 Å². The van der Waals surface area contributed by atoms with Crippen LogP contribution in [0.1, 0.15) is 25.7 Å². The van der Waals surface area contributed by atoms with Gasteiger partial charge in [-0.1, -0.05) is 0 Å². The minimum Gasteiger partial charge on any atom is -0.326 e. The second-order valence-corrected chi connectivity index (χ2v) is 4.67. The Labute approximate surface area is 132 Å². The molecule has 5 nitrogen and oxygen atoms in total. The highest BCUT2D eigenvalue weighted by atomic mass is 35.5. The Bertz CT molecular complexity index is 383. The van der Waals surface area contributed by atoms with Gasteiger partial charge in [0.15, 0.2) is 0 Å². The normalized spacial score (nSPS) is 21.2. The Morgan fingerprint density at radius 1 is 1.15 bits per heavy atom. The summed E-state index contributed by atoms with van der Waals surface area (Å²) in [6, 6.07) is 4.11. The van der Waals surface area contributed by atoms with E-state index in [0.29, 0.717) is 6.04 Å². The molecule has 1 aromatic heterocycles. The lowest BCUT2D eigenvalue weighted by molar-refractivity contribution is -0.120. The summed E-state index contributed by atoms with van der Waals surface area (Å²) in [6.07, 6.45) is 7.32. The van der Waals surface area contributed by atoms with Crippen molar-refractivity contribution in [1.29, 1.82) is 0 Å². The highest BCUT2D eigenvalue weighted by Gasteiger charge is 2.25. The molecule has 114 valence electrons. The molecule has 3 N–H and O–H groups in total. The fourth-order valence-corrected chi connectivity index (χ4v) is 2.38. The molecule has 0 atom stereocenters. The molecule has 0 unspecified atom stereocenters. The number of pyridine rings is 1. The number of anilines is 1. The van der Waals surface area contributed by atoms with Crippen LogP contribution in [0.4, 0.5) is 5.69 Å². The van der Waals surface area contributed by atoms with Gasteiger partial charge in [0.1, 0.15) is 0 Å². The zero-order valence-corrected chi connectivity index (χ0v) is 13.1. The number of hydrogen-bond acceptors (Lipinski definition) is 4. The number of aromatic nitrogens is 1. The van der Waals surface area contributed by atoms with Crippen LogP contribution in [0.25, 0.3) is 0 Å². The van der Waals surface area contributed by atoms with E-state index < -0.39 is 0 Å². The van der Waals surface area contributed by atoms with Crippen molar-refractivity contribution in [3.05, 3.63) is 24.5 Å². The maximum atomic E-state index is 12.1. The molecule has 0 saturated heterocycles. The molecule has 1 heterocycles. The molecule has 0 aromatic carbocycles. The van der Waals surface area contributed by atoms with E-state index in [0.717, 1.165) is 31.4 Å². The standard InChI is InChI=1S/C13H20N4O.2ClH/c1-14-17-12-4-2-10(3-5-12)13(18)16-11-6-8-15-9-7-11;;/h6-10,12,14,17H,2-5H2,1H3,(H,15,16,18);2*1H/t10-,12+;;. The number of hydrogen-bond donors (Lipinski definition) is 3. The van der Waals surface area contributed by atoms with Crippen molar-refractivity contribution in [3.8, 4) is 0 Å². The molecule has 1 amide bonds. The maximum Gasteiger partial charge on any atom is 0.227 e. The third-order valence-electron chi connectivity index (χ3n) is 3.39. The Kier molecular flexibility index (Phi) is 9.50. The van der Waals surface area contributed by atoms with Crippen molar-refractivity contribution < 1.29 is 4.79 Å². The van der Waals surface area contributed by atoms with Crippen LogP contribution in [0.2, 0.25) is 0 Å². The van der Waals surface area contributed by atoms with Crippen LogP contribution in [0.3, 0.4) is 0 Å². The van der Waals surface area contributed by atoms with Gasteiger partial charge in [-0.15, -0.1) is 24.8 Å². The minimum atomic E-state index is 0. The largest absolute Gasteiger partial charge is 0.326 e. The summed E-state index contributed by atoms with van der Waals surface area (Å²) in [5.74, 6) is 0.261. The van der Waals surface area contributed by atoms with E-state index in [1.807, 2.05) is 19.2 Å². The topological polar surface area (TPSA) is 66.0 Å². The average molecular weight is 321 g/mol. The van der Waals surface area contributed by atoms with Crippen molar-refractivity contribution in [2.24, 2.45) is 5.92 Å². The van der Waals surface area contributed by atoms with Gasteiger partial charge in [-0.05, 0) is 44.9 Å². The first-order chi connectivity index (χ1) is 8.79. The van der Waals surface area contributed by atoms with Crippen molar-refractivity contribution >= 4 is 36.4 Å². The molecule has 0 aliphatic heterocycles. The summed E-state index contributed by atoms with van der Waals surface area (Å²) in [6.45, 7) is 0. The molecular weight excluding hydrogens is 299 g/mol. The number of hydrazine groups is 1. The van der Waals surface area contributed by atoms with E-state index in [9.17, 15) is 4.79 Å². The number of carbonyl (C=O) groups excluding carboxylic acids is 1. The van der Waals surface area contributed by atoms with Gasteiger partial charge in [0.05, 0.1) is 0 Å². The lowest BCUT2D eigenvalue weighted by atomic mass is 9.85. The minimum absolute atomic E-state index is 0. The molecule has 1 aliphatic carbocycles. The molecule has 0 bridgehead atoms. The number of rotatable bonds is 4. The van der Waals surface area contributed by atoms with Crippen LogP contribution >= 0.6 is 24.8 Å². The predicted octanol–water partition coefficient (Wildman–Crippen LogP) is 2.15. The Morgan fingerprint density at radius 2 is 1.75 bits per heavy atom. The van der Waals surface area contributed by atoms with E-state index in [-0.39, 0.29) is 36.6 Å². The van der Waals surface area contributed by atoms with E-state index >= 15 is 0 Å². The molecule has 1 fully saturated rings. The number of amides is 1. The highest BCUT2D eigenvalue weighted by molar-refractivity contribution is 5.92. The van der Waals surface area contributed by atoms with Crippen LogP contribution in [0.5, 0.6) is 0 Å². The summed E-state index contributed by atoms with van der Waals surface area (Å²) in [7, 11) is 1.88. The van der Waals surface area contributed by atoms with Gasteiger partial charge in [0, 0.05) is 30.0 Å². The van der Waals surface area contributed by atoms with E-state index in [1.165, 1.54) is 0 Å². The maximum absolute atomic E-state index is 12.1. The average Bonchev–Trinajstić information content (AvgIpc) is 2.41. The molecule has 20 heavy (non-hydrogen) atoms. The van der Waals surface area contributed by atoms with Crippen LogP contribution in [0, 0.1) is 5.92 Å². The summed E-state index contributed by atoms with van der Waals surface area (Å²) in [5.41, 5.74) is 6.99. The van der Waals surface area contributed by atoms with Gasteiger partial charge in [-0.3, -0.25) is 20.6 Å². The summed E-state index contributed by atoms with van der Waals surface area (Å²) < 4.78 is 0. The smallest absolute Gasteiger partial charge is 0.227 e. The Balaban J connectivity index is 0.00000180. The third kappa shape index (κ3) is 5.63. The quantitative estimate of drug-likeness (QED) is 0.744. The fourth-order valence-electron chi connectivity index (χ4n) is 2.38. The summed E-state index contributed by atoms with van der Waals surface area (Å²) in [5, 5.41) is 2.94. The number of carbonyl (C=O) groups is 1. The SMILES string of the molecule is CNN[C@H]1CC[C@@H](C(=O)Nc2ccncc2)CC1.Cl.Cl. The van der Waals surface area contributed by atoms with Crippen LogP contribution < -0.4 is 16.2 Å². The number of nitrogens with zero attached hydrogens (tertiary/aromatic N) is 1. The zero-order chi connectivity index (χ0) is 12.8. The zero-order valence-electron chi connectivity index (χ0n) is 11.5. The first kappa shape index (κ1) is 19.1. The molecule has 7 heteroatoms. The van der Waals surface area contributed by atoms with Crippen molar-refractivity contribution in [2.45, 2.75) is 31.7 Å². The molecule has 1 saturated carbocycles. The van der Waals surface area contributed by atoms with Gasteiger partial charge in [-0.2, -0.15) is 0 Å². The number of halogens is 2. The first-order valence-corrected chi connectivity index (χ1v) is 6.42. The lowest BCUT2D eigenvalue weighted by Crippen LogP contribution is -2.42. The lowest BCUT2D eigenvalue weighted by Gasteiger charge is -2.28. The monoisotopic (exact) mass is 320 g/mol. The van der Waals surface area contributed by atoms with Crippen LogP contribution in [-0.4, -0.2) is 24.0 Å². The molecule has 0 spiro atoms. The fraction of sp³-hybridized carbons (Fsp3) is 0.538. The molecule has 0 radical (unpaired) electrons. The van der Waals surface area contributed by atoms with Gasteiger partial charge in [0.2, 0.25) is 5.91 Å².